The second-order valence-corrected chi connectivity index (χ2v) is 8.49. The molecule has 0 atom stereocenters. The van der Waals surface area contributed by atoms with Gasteiger partial charge in [0.05, 0.1) is 17.7 Å². The number of nitrogens with zero attached hydrogens (tertiary/aromatic N) is 3. The zero-order valence-electron chi connectivity index (χ0n) is 17.6. The Hall–Kier alpha value is -3.29. The number of rotatable bonds is 7. The number of aryl methyl sites for hydroxylation is 1. The third-order valence-corrected chi connectivity index (χ3v) is 6.35. The molecule has 8 nitrogen and oxygen atoms in total. The molecule has 2 fully saturated rings. The lowest BCUT2D eigenvalue weighted by atomic mass is 9.77. The van der Waals surface area contributed by atoms with Gasteiger partial charge in [-0.15, -0.1) is 0 Å². The second kappa shape index (κ2) is 8.83. The topological polar surface area (TPSA) is 125 Å². The van der Waals surface area contributed by atoms with Crippen molar-refractivity contribution in [1.29, 1.82) is 5.41 Å². The molecule has 162 valence electrons. The van der Waals surface area contributed by atoms with Gasteiger partial charge in [0, 0.05) is 44.0 Å². The number of ketones is 1. The number of nitrogens with one attached hydrogen (secondary N) is 2. The van der Waals surface area contributed by atoms with E-state index in [2.05, 4.69) is 20.2 Å². The van der Waals surface area contributed by atoms with Crippen LogP contribution in [0.5, 0.6) is 0 Å². The third-order valence-electron chi connectivity index (χ3n) is 6.35. The van der Waals surface area contributed by atoms with Crippen molar-refractivity contribution in [2.75, 3.05) is 24.5 Å². The Morgan fingerprint density at radius 1 is 1.16 bits per heavy atom. The van der Waals surface area contributed by atoms with E-state index in [9.17, 15) is 9.59 Å². The number of hydrogen-bond donors (Lipinski definition) is 3. The highest BCUT2D eigenvalue weighted by atomic mass is 16.2. The fourth-order valence-electron chi connectivity index (χ4n) is 4.45. The first-order valence-corrected chi connectivity index (χ1v) is 10.7. The molecule has 1 aromatic carbocycles. The van der Waals surface area contributed by atoms with E-state index in [1.54, 1.807) is 0 Å². The first-order valence-electron chi connectivity index (χ1n) is 10.7. The quantitative estimate of drug-likeness (QED) is 0.465. The van der Waals surface area contributed by atoms with Crippen LogP contribution in [-0.4, -0.2) is 47.1 Å². The molecule has 0 saturated carbocycles. The molecule has 4 N–H and O–H groups in total. The van der Waals surface area contributed by atoms with Gasteiger partial charge in [0.2, 0.25) is 11.9 Å². The summed E-state index contributed by atoms with van der Waals surface area (Å²) in [6.45, 7) is 2.36. The monoisotopic (exact) mass is 420 g/mol. The summed E-state index contributed by atoms with van der Waals surface area (Å²) in [4.78, 5) is 35.3. The van der Waals surface area contributed by atoms with Crippen molar-refractivity contribution in [2.24, 2.45) is 11.1 Å². The van der Waals surface area contributed by atoms with Crippen molar-refractivity contribution in [2.45, 2.75) is 38.5 Å². The molecule has 0 aliphatic carbocycles. The number of carbonyl (C=O) groups is 2. The van der Waals surface area contributed by atoms with Crippen LogP contribution in [0.4, 0.5) is 5.95 Å². The number of hydrogen-bond acceptors (Lipinski definition) is 6. The Labute approximate surface area is 181 Å². The van der Waals surface area contributed by atoms with E-state index in [1.165, 1.54) is 0 Å². The largest absolute Gasteiger partial charge is 0.387 e. The molecule has 3 heterocycles. The number of anilines is 1. The first-order chi connectivity index (χ1) is 14.9. The van der Waals surface area contributed by atoms with Gasteiger partial charge in [-0.2, -0.15) is 0 Å². The van der Waals surface area contributed by atoms with Crippen LogP contribution < -0.4 is 16.0 Å². The maximum Gasteiger partial charge on any atom is 0.226 e. The van der Waals surface area contributed by atoms with Crippen LogP contribution in [0.2, 0.25) is 0 Å². The normalized spacial score (nSPS) is 17.5. The minimum atomic E-state index is -0.192. The summed E-state index contributed by atoms with van der Waals surface area (Å²) in [5, 5.41) is 10.2. The van der Waals surface area contributed by atoms with Crippen LogP contribution in [0.25, 0.3) is 11.1 Å². The smallest absolute Gasteiger partial charge is 0.226 e. The molecule has 0 unspecified atom stereocenters. The van der Waals surface area contributed by atoms with Crippen molar-refractivity contribution < 1.29 is 9.59 Å². The highest BCUT2D eigenvalue weighted by Crippen LogP contribution is 2.38. The number of Topliss-reactive ketones (excluding diaryl/α,β-unsaturated/α-hetero) is 1. The minimum absolute atomic E-state index is 0.0112. The third kappa shape index (κ3) is 4.73. The van der Waals surface area contributed by atoms with Crippen LogP contribution in [0.15, 0.2) is 36.7 Å². The predicted molar refractivity (Wildman–Crippen MR) is 119 cm³/mol. The number of carbonyl (C=O) groups excluding carboxylic acids is 2. The summed E-state index contributed by atoms with van der Waals surface area (Å²) in [7, 11) is 0. The average molecular weight is 421 g/mol. The van der Waals surface area contributed by atoms with E-state index in [4.69, 9.17) is 11.1 Å². The Kier molecular flexibility index (Phi) is 5.97. The van der Waals surface area contributed by atoms with Crippen LogP contribution in [0, 0.1) is 10.8 Å². The van der Waals surface area contributed by atoms with Gasteiger partial charge in [-0.3, -0.25) is 15.0 Å². The lowest BCUT2D eigenvalue weighted by Gasteiger charge is -2.37. The number of aromatic nitrogens is 2. The summed E-state index contributed by atoms with van der Waals surface area (Å²) in [5.74, 6) is 0.782. The van der Waals surface area contributed by atoms with E-state index >= 15 is 0 Å². The van der Waals surface area contributed by atoms with Crippen molar-refractivity contribution in [3.8, 4) is 11.1 Å². The van der Waals surface area contributed by atoms with Crippen molar-refractivity contribution >= 4 is 23.5 Å². The second-order valence-electron chi connectivity index (χ2n) is 8.49. The maximum atomic E-state index is 12.2. The molecule has 1 aromatic heterocycles. The van der Waals surface area contributed by atoms with Crippen molar-refractivity contribution in [1.82, 2.24) is 15.3 Å². The van der Waals surface area contributed by atoms with Gasteiger partial charge in [-0.05, 0) is 36.8 Å². The molecule has 31 heavy (non-hydrogen) atoms. The molecule has 2 aliphatic rings. The Bertz CT molecular complexity index is 980. The number of benzene rings is 1. The van der Waals surface area contributed by atoms with Crippen LogP contribution in [0.1, 0.15) is 37.7 Å². The lowest BCUT2D eigenvalue weighted by Crippen LogP contribution is -2.44. The summed E-state index contributed by atoms with van der Waals surface area (Å²) in [6.07, 6.45) is 7.26. The average Bonchev–Trinajstić information content (AvgIpc) is 3.12. The number of amidine groups is 1. The number of piperidine rings is 1. The Morgan fingerprint density at radius 2 is 1.90 bits per heavy atom. The lowest BCUT2D eigenvalue weighted by molar-refractivity contribution is -0.128. The van der Waals surface area contributed by atoms with Gasteiger partial charge in [-0.25, -0.2) is 9.97 Å². The van der Waals surface area contributed by atoms with Crippen LogP contribution >= 0.6 is 0 Å². The van der Waals surface area contributed by atoms with Crippen LogP contribution in [0.3, 0.4) is 0 Å². The van der Waals surface area contributed by atoms with Crippen LogP contribution in [-0.2, 0) is 16.0 Å². The SMILES string of the molecule is N=C(N)CC(=O)CCc1cccc(-c2cnc(N3CCC4(CCNC4=O)CC3)nc2)c1. The van der Waals surface area contributed by atoms with Gasteiger partial charge in [-0.1, -0.05) is 24.3 Å². The maximum absolute atomic E-state index is 12.2. The fourth-order valence-corrected chi connectivity index (χ4v) is 4.45. The molecule has 2 aliphatic heterocycles. The molecule has 1 amide bonds. The molecule has 0 radical (unpaired) electrons. The Balaban J connectivity index is 1.38. The number of amides is 1. The standard InChI is InChI=1S/C23H28N6O2/c24-20(25)13-19(30)5-4-16-2-1-3-17(12-16)18-14-27-22(28-15-18)29-10-7-23(8-11-29)6-9-26-21(23)31/h1-3,12,14-15H,4-11,13H2,(H3,24,25)(H,26,31). The molecule has 2 aromatic rings. The molecular formula is C23H28N6O2. The number of nitrogens with two attached hydrogens (primary N) is 1. The first kappa shape index (κ1) is 21.0. The zero-order chi connectivity index (χ0) is 21.8. The van der Waals surface area contributed by atoms with Crippen molar-refractivity contribution in [3.63, 3.8) is 0 Å². The van der Waals surface area contributed by atoms with Crippen molar-refractivity contribution in [3.05, 3.63) is 42.2 Å². The van der Waals surface area contributed by atoms with E-state index in [0.717, 1.165) is 55.6 Å². The summed E-state index contributed by atoms with van der Waals surface area (Å²) in [5.41, 5.74) is 8.07. The molecule has 0 bridgehead atoms. The van der Waals surface area contributed by atoms with Gasteiger partial charge >= 0.3 is 0 Å². The minimum Gasteiger partial charge on any atom is -0.387 e. The van der Waals surface area contributed by atoms with Gasteiger partial charge < -0.3 is 16.0 Å². The molecule has 2 saturated heterocycles. The van der Waals surface area contributed by atoms with E-state index in [0.29, 0.717) is 18.8 Å². The van der Waals surface area contributed by atoms with E-state index in [-0.39, 0.29) is 29.4 Å². The zero-order valence-corrected chi connectivity index (χ0v) is 17.6. The van der Waals surface area contributed by atoms with Gasteiger partial charge in [0.25, 0.3) is 0 Å². The van der Waals surface area contributed by atoms with E-state index < -0.39 is 0 Å². The van der Waals surface area contributed by atoms with Gasteiger partial charge in [0.15, 0.2) is 0 Å². The summed E-state index contributed by atoms with van der Waals surface area (Å²) in [6, 6.07) is 8.00. The molecule has 4 rings (SSSR count). The summed E-state index contributed by atoms with van der Waals surface area (Å²) >= 11 is 0. The molecule has 1 spiro atoms. The fraction of sp³-hybridized carbons (Fsp3) is 0.435. The summed E-state index contributed by atoms with van der Waals surface area (Å²) < 4.78 is 0. The van der Waals surface area contributed by atoms with Gasteiger partial charge in [0.1, 0.15) is 5.78 Å². The molecule has 8 heteroatoms. The predicted octanol–water partition coefficient (Wildman–Crippen LogP) is 2.08. The molecular weight excluding hydrogens is 392 g/mol. The Morgan fingerprint density at radius 3 is 2.55 bits per heavy atom. The van der Waals surface area contributed by atoms with E-state index in [1.807, 2.05) is 36.7 Å². The highest BCUT2D eigenvalue weighted by molar-refractivity contribution is 5.98. The highest BCUT2D eigenvalue weighted by Gasteiger charge is 2.44.